The third-order valence-electron chi connectivity index (χ3n) is 12.9. The van der Waals surface area contributed by atoms with Gasteiger partial charge >= 0.3 is 6.09 Å². The fourth-order valence-electron chi connectivity index (χ4n) is 8.86. The van der Waals surface area contributed by atoms with Gasteiger partial charge < -0.3 is 29.7 Å². The van der Waals surface area contributed by atoms with Crippen molar-refractivity contribution in [3.8, 4) is 11.6 Å². The highest BCUT2D eigenvalue weighted by molar-refractivity contribution is 7.91. The summed E-state index contributed by atoms with van der Waals surface area (Å²) in [6.45, 7) is 7.24. The highest BCUT2D eigenvalue weighted by Gasteiger charge is 2.62. The number of hydrogen-bond donors (Lipinski definition) is 3. The van der Waals surface area contributed by atoms with E-state index < -0.39 is 86.1 Å². The van der Waals surface area contributed by atoms with E-state index >= 15 is 13.6 Å². The largest absolute Gasteiger partial charge is 0.489 e. The number of amides is 4. The zero-order valence-corrected chi connectivity index (χ0v) is 35.1. The molecule has 0 spiro atoms. The van der Waals surface area contributed by atoms with Crippen molar-refractivity contribution >= 4 is 50.3 Å². The van der Waals surface area contributed by atoms with Crippen LogP contribution >= 0.6 is 0 Å². The highest BCUT2D eigenvalue weighted by atomic mass is 32.2. The van der Waals surface area contributed by atoms with E-state index in [4.69, 9.17) is 9.47 Å². The van der Waals surface area contributed by atoms with Crippen LogP contribution in [0.15, 0.2) is 36.5 Å². The zero-order chi connectivity index (χ0) is 42.8. The van der Waals surface area contributed by atoms with Crippen molar-refractivity contribution in [2.24, 2.45) is 17.8 Å². The molecule has 3 fully saturated rings. The summed E-state index contributed by atoms with van der Waals surface area (Å²) in [7, 11) is -2.04. The Kier molecular flexibility index (Phi) is 11.0. The molecular formula is C41H54F2N6O9S. The molecule has 0 radical (unpaired) electrons. The Balaban J connectivity index is 1.29. The van der Waals surface area contributed by atoms with Crippen molar-refractivity contribution in [3.05, 3.63) is 36.5 Å². The third kappa shape index (κ3) is 8.00. The van der Waals surface area contributed by atoms with Crippen molar-refractivity contribution in [2.45, 2.75) is 120 Å². The van der Waals surface area contributed by atoms with Crippen molar-refractivity contribution in [1.82, 2.24) is 24.8 Å². The van der Waals surface area contributed by atoms with Gasteiger partial charge in [0.05, 0.1) is 24.0 Å². The maximum absolute atomic E-state index is 15.4. The van der Waals surface area contributed by atoms with Crippen molar-refractivity contribution in [1.29, 1.82) is 0 Å². The minimum atomic E-state index is -3.99. The van der Waals surface area contributed by atoms with Gasteiger partial charge in [-0.25, -0.2) is 27.0 Å². The van der Waals surface area contributed by atoms with E-state index in [1.165, 1.54) is 0 Å². The topological polar surface area (TPSA) is 188 Å². The Morgan fingerprint density at radius 3 is 2.51 bits per heavy atom. The maximum Gasteiger partial charge on any atom is 0.408 e. The normalized spacial score (nSPS) is 29.2. The van der Waals surface area contributed by atoms with E-state index in [1.807, 2.05) is 32.2 Å². The van der Waals surface area contributed by atoms with E-state index in [0.717, 1.165) is 29.8 Å². The molecule has 3 aliphatic heterocycles. The molecule has 7 rings (SSSR count). The van der Waals surface area contributed by atoms with Gasteiger partial charge in [0, 0.05) is 43.3 Å². The highest BCUT2D eigenvalue weighted by Crippen LogP contribution is 2.47. The lowest BCUT2D eigenvalue weighted by atomic mass is 9.84. The summed E-state index contributed by atoms with van der Waals surface area (Å²) in [5, 5.41) is 14.1. The number of likely N-dealkylation sites (N-methyl/N-ethyl adjacent to an activating group) is 1. The predicted molar refractivity (Wildman–Crippen MR) is 214 cm³/mol. The molecule has 59 heavy (non-hydrogen) atoms. The Labute approximate surface area is 342 Å². The monoisotopic (exact) mass is 844 g/mol. The number of sulfonamides is 1. The summed E-state index contributed by atoms with van der Waals surface area (Å²) in [5.74, 6) is -6.74. The standard InChI is InChI=1S/C41H54F2N6O9S/c1-23-9-7-8-10-25-21-41(25,37(52)46-59(55,56)27-11-12-27)45-34(50)31-20-26(58-35-29-13-14-30-33(28(29)15-16-44-35)57-18-17-47(30)6)22-48(31)36(51)32(24(2)19-23)49(38(53)54)39(3,4)40(5,42)43/h8,10,13-16,23-27,31-32H,7,9,11-12,17-22H2,1-6H3,(H,45,50)(H,46,52)(H,53,54)/t23-,24-,25-,26-,31+,32+,41-/m1/s1. The van der Waals surface area contributed by atoms with Gasteiger partial charge in [0.1, 0.15) is 35.9 Å². The minimum absolute atomic E-state index is 0.0934. The molecule has 2 aliphatic carbocycles. The van der Waals surface area contributed by atoms with E-state index in [1.54, 1.807) is 25.3 Å². The van der Waals surface area contributed by atoms with Crippen LogP contribution in [0, 0.1) is 17.8 Å². The van der Waals surface area contributed by atoms with E-state index in [0.29, 0.717) is 68.2 Å². The molecule has 15 nitrogen and oxygen atoms in total. The molecular weight excluding hydrogens is 791 g/mol. The zero-order valence-electron chi connectivity index (χ0n) is 34.2. The summed E-state index contributed by atoms with van der Waals surface area (Å²) in [6.07, 6.45) is 4.75. The molecule has 1 saturated heterocycles. The number of carbonyl (C=O) groups excluding carboxylic acids is 3. The second-order valence-corrected chi connectivity index (χ2v) is 19.7. The summed E-state index contributed by atoms with van der Waals surface area (Å²) < 4.78 is 71.4. The fourth-order valence-corrected chi connectivity index (χ4v) is 10.2. The summed E-state index contributed by atoms with van der Waals surface area (Å²) >= 11 is 0. The molecule has 3 N–H and O–H groups in total. The number of pyridine rings is 1. The summed E-state index contributed by atoms with van der Waals surface area (Å²) in [6, 6.07) is 2.48. The number of fused-ring (bicyclic) bond motifs is 5. The van der Waals surface area contributed by atoms with E-state index in [9.17, 15) is 27.9 Å². The molecule has 322 valence electrons. The lowest BCUT2D eigenvalue weighted by molar-refractivity contribution is -0.156. The van der Waals surface area contributed by atoms with Crippen LogP contribution in [0.1, 0.15) is 79.6 Å². The smallest absolute Gasteiger partial charge is 0.408 e. The SMILES string of the molecule is C[C@@H]1CCC=C[C@@H]2C[C@@]2(C(=O)NS(=O)(=O)C2CC2)NC(=O)[C@@H]2C[C@@H](Oc3nccc4c5c(ccc34)N(C)CCO5)CN2C(=O)[C@@H](N(C(=O)O)C(C)(C)C(C)(F)F)[C@H](C)C1. The average Bonchev–Trinajstić information content (AvgIpc) is 4.08. The van der Waals surface area contributed by atoms with Crippen LogP contribution in [0.2, 0.25) is 0 Å². The number of ether oxygens (including phenoxy) is 2. The number of anilines is 1. The lowest BCUT2D eigenvalue weighted by Crippen LogP contribution is -2.66. The summed E-state index contributed by atoms with van der Waals surface area (Å²) in [4.78, 5) is 65.0. The van der Waals surface area contributed by atoms with Gasteiger partial charge in [-0.2, -0.15) is 0 Å². The molecule has 5 aliphatic rings. The van der Waals surface area contributed by atoms with Crippen LogP contribution in [0.25, 0.3) is 10.8 Å². The Hall–Kier alpha value is -4.74. The maximum atomic E-state index is 15.4. The first-order valence-electron chi connectivity index (χ1n) is 20.3. The first-order chi connectivity index (χ1) is 27.7. The van der Waals surface area contributed by atoms with Gasteiger partial charge in [0.15, 0.2) is 5.75 Å². The molecule has 4 heterocycles. The summed E-state index contributed by atoms with van der Waals surface area (Å²) in [5.41, 5.74) is -3.14. The van der Waals surface area contributed by atoms with Crippen LogP contribution in [-0.2, 0) is 24.4 Å². The van der Waals surface area contributed by atoms with E-state index in [2.05, 4.69) is 19.9 Å². The number of allylic oxidation sites excluding steroid dienone is 1. The molecule has 0 unspecified atom stereocenters. The molecule has 1 aromatic heterocycles. The molecule has 18 heteroatoms. The van der Waals surface area contributed by atoms with Crippen LogP contribution in [-0.4, -0.2) is 119 Å². The Morgan fingerprint density at radius 1 is 1.10 bits per heavy atom. The van der Waals surface area contributed by atoms with Gasteiger partial charge in [-0.1, -0.05) is 26.0 Å². The number of hydrogen-bond acceptors (Lipinski definition) is 10. The van der Waals surface area contributed by atoms with E-state index in [-0.39, 0.29) is 31.2 Å². The van der Waals surface area contributed by atoms with Gasteiger partial charge in [-0.15, -0.1) is 0 Å². The van der Waals surface area contributed by atoms with Crippen LogP contribution < -0.4 is 24.4 Å². The third-order valence-corrected chi connectivity index (χ3v) is 14.8. The average molecular weight is 845 g/mol. The second-order valence-electron chi connectivity index (χ2n) is 17.7. The van der Waals surface area contributed by atoms with Crippen molar-refractivity contribution in [2.75, 3.05) is 31.6 Å². The number of rotatable bonds is 8. The number of nitrogens with zero attached hydrogens (tertiary/aromatic N) is 4. The van der Waals surface area contributed by atoms with Crippen LogP contribution in [0.4, 0.5) is 19.3 Å². The van der Waals surface area contributed by atoms with Crippen molar-refractivity contribution < 1.29 is 51.0 Å². The number of alkyl halides is 2. The number of aromatic nitrogens is 1. The number of carbonyl (C=O) groups is 4. The molecule has 2 aromatic rings. The first kappa shape index (κ1) is 42.4. The van der Waals surface area contributed by atoms with Gasteiger partial charge in [0.2, 0.25) is 27.7 Å². The van der Waals surface area contributed by atoms with Crippen LogP contribution in [0.3, 0.4) is 0 Å². The van der Waals surface area contributed by atoms with Crippen LogP contribution in [0.5, 0.6) is 11.6 Å². The first-order valence-corrected chi connectivity index (χ1v) is 21.9. The molecule has 4 amide bonds. The lowest BCUT2D eigenvalue weighted by Gasteiger charge is -2.47. The van der Waals surface area contributed by atoms with Gasteiger partial charge in [-0.05, 0) is 82.4 Å². The van der Waals surface area contributed by atoms with Crippen molar-refractivity contribution in [3.63, 3.8) is 0 Å². The Bertz CT molecular complexity index is 2160. The number of carboxylic acid groups (broad SMARTS) is 1. The minimum Gasteiger partial charge on any atom is -0.489 e. The Morgan fingerprint density at radius 2 is 1.83 bits per heavy atom. The molecule has 1 aromatic carbocycles. The molecule has 7 atom stereocenters. The molecule has 2 saturated carbocycles. The number of halogens is 2. The number of benzene rings is 1. The number of nitrogens with one attached hydrogen (secondary N) is 2. The second kappa shape index (κ2) is 15.4. The molecule has 0 bridgehead atoms. The van der Waals surface area contributed by atoms with Gasteiger partial charge in [0.25, 0.3) is 11.8 Å². The van der Waals surface area contributed by atoms with Gasteiger partial charge in [-0.3, -0.25) is 24.0 Å². The fraction of sp³-hybridized carbons (Fsp3) is 0.634. The quantitative estimate of drug-likeness (QED) is 0.313. The predicted octanol–water partition coefficient (Wildman–Crippen LogP) is 4.69.